The van der Waals surface area contributed by atoms with E-state index in [2.05, 4.69) is 20.1 Å². The van der Waals surface area contributed by atoms with Gasteiger partial charge >= 0.3 is 5.97 Å². The lowest BCUT2D eigenvalue weighted by molar-refractivity contribution is 0.0462. The Morgan fingerprint density at radius 1 is 1.17 bits per heavy atom. The molecule has 4 N–H and O–H groups in total. The number of ether oxygens (including phenoxy) is 1. The molecule has 2 heterocycles. The maximum absolute atomic E-state index is 12.1. The molecule has 1 aromatic carbocycles. The minimum atomic E-state index is -0.592. The van der Waals surface area contributed by atoms with Crippen molar-refractivity contribution in [1.82, 2.24) is 24.7 Å². The number of anilines is 2. The van der Waals surface area contributed by atoms with Crippen molar-refractivity contribution in [1.29, 1.82) is 0 Å². The molecule has 0 aliphatic carbocycles. The number of hydrogen-bond acceptors (Lipinski definition) is 8. The van der Waals surface area contributed by atoms with Crippen LogP contribution in [0.15, 0.2) is 36.7 Å². The van der Waals surface area contributed by atoms with E-state index in [1.54, 1.807) is 18.2 Å². The molecular weight excluding hydrogens is 334 g/mol. The standard InChI is InChI=1S/C14H12ClN7O2/c15-9-3-1-2-4-10(9)22-6-8(5-18-22)12(23)24-7-11-19-13(16)21-14(17)20-11/h1-6H,7H2,(H4,16,17,19,20,21). The Morgan fingerprint density at radius 3 is 2.58 bits per heavy atom. The number of para-hydroxylation sites is 1. The summed E-state index contributed by atoms with van der Waals surface area (Å²) in [5.41, 5.74) is 11.8. The van der Waals surface area contributed by atoms with E-state index in [1.165, 1.54) is 17.1 Å². The largest absolute Gasteiger partial charge is 0.454 e. The Morgan fingerprint density at radius 2 is 1.88 bits per heavy atom. The highest BCUT2D eigenvalue weighted by atomic mass is 35.5. The van der Waals surface area contributed by atoms with Crippen LogP contribution in [0.2, 0.25) is 5.02 Å². The summed E-state index contributed by atoms with van der Waals surface area (Å²) in [5, 5.41) is 4.61. The highest BCUT2D eigenvalue weighted by Crippen LogP contribution is 2.19. The average Bonchev–Trinajstić information content (AvgIpc) is 3.02. The van der Waals surface area contributed by atoms with Gasteiger partial charge in [-0.2, -0.15) is 20.1 Å². The van der Waals surface area contributed by atoms with Crippen molar-refractivity contribution in [2.45, 2.75) is 6.61 Å². The Hall–Kier alpha value is -3.20. The second-order valence-corrected chi connectivity index (χ2v) is 5.08. The van der Waals surface area contributed by atoms with Gasteiger partial charge in [-0.15, -0.1) is 0 Å². The fraction of sp³-hybridized carbons (Fsp3) is 0.0714. The second-order valence-electron chi connectivity index (χ2n) is 4.67. The first-order chi connectivity index (χ1) is 11.5. The van der Waals surface area contributed by atoms with E-state index in [0.29, 0.717) is 10.7 Å². The summed E-state index contributed by atoms with van der Waals surface area (Å²) in [6.07, 6.45) is 2.89. The topological polar surface area (TPSA) is 135 Å². The van der Waals surface area contributed by atoms with E-state index in [1.807, 2.05) is 6.07 Å². The smallest absolute Gasteiger partial charge is 0.341 e. The molecule has 0 radical (unpaired) electrons. The molecule has 0 spiro atoms. The van der Waals surface area contributed by atoms with Crippen molar-refractivity contribution in [3.63, 3.8) is 0 Å². The van der Waals surface area contributed by atoms with Gasteiger partial charge in [-0.3, -0.25) is 0 Å². The van der Waals surface area contributed by atoms with Crippen molar-refractivity contribution in [3.05, 3.63) is 53.1 Å². The van der Waals surface area contributed by atoms with Crippen molar-refractivity contribution in [2.75, 3.05) is 11.5 Å². The second kappa shape index (κ2) is 6.50. The minimum Gasteiger partial charge on any atom is -0.454 e. The lowest BCUT2D eigenvalue weighted by atomic mass is 10.3. The fourth-order valence-corrected chi connectivity index (χ4v) is 2.15. The van der Waals surface area contributed by atoms with Gasteiger partial charge in [-0.05, 0) is 12.1 Å². The first kappa shape index (κ1) is 15.7. The van der Waals surface area contributed by atoms with Crippen molar-refractivity contribution < 1.29 is 9.53 Å². The monoisotopic (exact) mass is 345 g/mol. The Labute approximate surface area is 141 Å². The van der Waals surface area contributed by atoms with E-state index in [9.17, 15) is 4.79 Å². The summed E-state index contributed by atoms with van der Waals surface area (Å²) < 4.78 is 6.60. The number of halogens is 1. The van der Waals surface area contributed by atoms with Gasteiger partial charge in [0, 0.05) is 6.20 Å². The van der Waals surface area contributed by atoms with Crippen molar-refractivity contribution >= 4 is 29.5 Å². The van der Waals surface area contributed by atoms with Crippen LogP contribution in [-0.2, 0) is 11.3 Å². The van der Waals surface area contributed by atoms with E-state index in [-0.39, 0.29) is 29.9 Å². The highest BCUT2D eigenvalue weighted by Gasteiger charge is 2.13. The number of carbonyl (C=O) groups is 1. The Kier molecular flexibility index (Phi) is 4.25. The number of nitrogens with zero attached hydrogens (tertiary/aromatic N) is 5. The number of nitrogens with two attached hydrogens (primary N) is 2. The predicted molar refractivity (Wildman–Crippen MR) is 86.3 cm³/mol. The number of nitrogen functional groups attached to an aromatic ring is 2. The zero-order chi connectivity index (χ0) is 17.1. The molecule has 0 saturated carbocycles. The molecular formula is C14H12ClN7O2. The van der Waals surface area contributed by atoms with Gasteiger partial charge in [-0.1, -0.05) is 23.7 Å². The number of rotatable bonds is 4. The number of aromatic nitrogens is 5. The number of hydrogen-bond donors (Lipinski definition) is 2. The van der Waals surface area contributed by atoms with Crippen LogP contribution in [0.1, 0.15) is 16.2 Å². The molecule has 122 valence electrons. The van der Waals surface area contributed by atoms with Gasteiger partial charge in [0.05, 0.1) is 22.5 Å². The first-order valence-electron chi connectivity index (χ1n) is 6.75. The number of carbonyl (C=O) groups excluding carboxylic acids is 1. The van der Waals surface area contributed by atoms with Gasteiger partial charge in [0.2, 0.25) is 11.9 Å². The first-order valence-corrected chi connectivity index (χ1v) is 7.13. The average molecular weight is 346 g/mol. The third-order valence-electron chi connectivity index (χ3n) is 2.97. The van der Waals surface area contributed by atoms with E-state index in [4.69, 9.17) is 27.8 Å². The van der Waals surface area contributed by atoms with Crippen LogP contribution in [0.3, 0.4) is 0 Å². The van der Waals surface area contributed by atoms with Crippen molar-refractivity contribution in [2.24, 2.45) is 0 Å². The quantitative estimate of drug-likeness (QED) is 0.674. The lowest BCUT2D eigenvalue weighted by Crippen LogP contribution is -2.10. The summed E-state index contributed by atoms with van der Waals surface area (Å²) in [4.78, 5) is 23.4. The molecule has 2 aromatic heterocycles. The normalized spacial score (nSPS) is 10.5. The highest BCUT2D eigenvalue weighted by molar-refractivity contribution is 6.32. The molecule has 9 nitrogen and oxygen atoms in total. The third kappa shape index (κ3) is 3.41. The van der Waals surface area contributed by atoms with E-state index in [0.717, 1.165) is 0 Å². The molecule has 24 heavy (non-hydrogen) atoms. The molecule has 0 bridgehead atoms. The zero-order valence-electron chi connectivity index (χ0n) is 12.3. The maximum atomic E-state index is 12.1. The van der Waals surface area contributed by atoms with Crippen LogP contribution in [0.25, 0.3) is 5.69 Å². The summed E-state index contributed by atoms with van der Waals surface area (Å²) in [7, 11) is 0. The molecule has 3 rings (SSSR count). The summed E-state index contributed by atoms with van der Waals surface area (Å²) in [5.74, 6) is -0.516. The van der Waals surface area contributed by atoms with Gasteiger partial charge in [0.15, 0.2) is 12.4 Å². The molecule has 0 amide bonds. The van der Waals surface area contributed by atoms with Gasteiger partial charge in [0.25, 0.3) is 0 Å². The SMILES string of the molecule is Nc1nc(N)nc(COC(=O)c2cnn(-c3ccccc3Cl)c2)n1. The van der Waals surface area contributed by atoms with Crippen LogP contribution in [0, 0.1) is 0 Å². The molecule has 0 unspecified atom stereocenters. The molecule has 0 aliphatic heterocycles. The number of esters is 1. The van der Waals surface area contributed by atoms with Gasteiger partial charge < -0.3 is 16.2 Å². The molecule has 0 aliphatic rings. The van der Waals surface area contributed by atoms with Crippen LogP contribution >= 0.6 is 11.6 Å². The summed E-state index contributed by atoms with van der Waals surface area (Å²) >= 11 is 6.10. The molecule has 10 heteroatoms. The Bertz CT molecular complexity index is 876. The van der Waals surface area contributed by atoms with Crippen molar-refractivity contribution in [3.8, 4) is 5.69 Å². The summed E-state index contributed by atoms with van der Waals surface area (Å²) in [6, 6.07) is 7.13. The van der Waals surface area contributed by atoms with Crippen LogP contribution in [-0.4, -0.2) is 30.7 Å². The lowest BCUT2D eigenvalue weighted by Gasteiger charge is -2.04. The van der Waals surface area contributed by atoms with E-state index >= 15 is 0 Å². The number of benzene rings is 1. The summed E-state index contributed by atoms with van der Waals surface area (Å²) in [6.45, 7) is -0.187. The maximum Gasteiger partial charge on any atom is 0.341 e. The van der Waals surface area contributed by atoms with Gasteiger partial charge in [-0.25, -0.2) is 9.48 Å². The Balaban J connectivity index is 1.71. The fourth-order valence-electron chi connectivity index (χ4n) is 1.93. The van der Waals surface area contributed by atoms with Gasteiger partial charge in [0.1, 0.15) is 0 Å². The molecule has 0 atom stereocenters. The molecule has 0 saturated heterocycles. The zero-order valence-corrected chi connectivity index (χ0v) is 13.0. The van der Waals surface area contributed by atoms with Crippen LogP contribution in [0.4, 0.5) is 11.9 Å². The van der Waals surface area contributed by atoms with Crippen LogP contribution < -0.4 is 11.5 Å². The minimum absolute atomic E-state index is 0.0416. The third-order valence-corrected chi connectivity index (χ3v) is 3.29. The van der Waals surface area contributed by atoms with E-state index < -0.39 is 5.97 Å². The predicted octanol–water partition coefficient (Wildman–Crippen LogP) is 1.23. The molecule has 3 aromatic rings. The van der Waals surface area contributed by atoms with Crippen LogP contribution in [0.5, 0.6) is 0 Å². The molecule has 0 fully saturated rings.